The molecule has 1 N–H and O–H groups in total. The summed E-state index contributed by atoms with van der Waals surface area (Å²) in [4.78, 5) is 25.0. The number of sulfonamides is 1. The van der Waals surface area contributed by atoms with E-state index in [4.69, 9.17) is 4.98 Å². The smallest absolute Gasteiger partial charge is 0.259 e. The van der Waals surface area contributed by atoms with Crippen LogP contribution < -0.4 is 5.56 Å². The molecule has 0 unspecified atom stereocenters. The first-order chi connectivity index (χ1) is 14.1. The van der Waals surface area contributed by atoms with Crippen LogP contribution in [0.5, 0.6) is 0 Å². The number of hydrogen-bond acceptors (Lipinski definition) is 6. The minimum Gasteiger partial charge on any atom is -0.309 e. The Kier molecular flexibility index (Phi) is 5.85. The molecule has 2 aromatic rings. The van der Waals surface area contributed by atoms with Gasteiger partial charge >= 0.3 is 0 Å². The van der Waals surface area contributed by atoms with Crippen molar-refractivity contribution in [2.75, 3.05) is 31.9 Å². The molecular weight excluding hydrogens is 420 g/mol. The van der Waals surface area contributed by atoms with Crippen LogP contribution in [0.2, 0.25) is 0 Å². The number of thiophene rings is 1. The summed E-state index contributed by atoms with van der Waals surface area (Å²) in [6, 6.07) is 0. The van der Waals surface area contributed by atoms with Crippen LogP contribution in [-0.2, 0) is 29.4 Å². The predicted octanol–water partition coefficient (Wildman–Crippen LogP) is 2.60. The first kappa shape index (κ1) is 21.9. The average Bonchev–Trinajstić information content (AvgIpc) is 3.05. The molecule has 1 saturated heterocycles. The van der Waals surface area contributed by atoms with Crippen LogP contribution in [0.3, 0.4) is 0 Å². The monoisotopic (exact) mass is 452 g/mol. The summed E-state index contributed by atoms with van der Waals surface area (Å²) in [5, 5.41) is 0.782. The van der Waals surface area contributed by atoms with Gasteiger partial charge in [0.2, 0.25) is 10.0 Å². The molecule has 166 valence electrons. The van der Waals surface area contributed by atoms with Crippen LogP contribution in [0.25, 0.3) is 10.2 Å². The maximum absolute atomic E-state index is 12.9. The fourth-order valence-corrected chi connectivity index (χ4v) is 7.01. The van der Waals surface area contributed by atoms with Gasteiger partial charge in [-0.3, -0.25) is 9.69 Å². The second-order valence-electron chi connectivity index (χ2n) is 9.58. The van der Waals surface area contributed by atoms with Gasteiger partial charge in [-0.25, -0.2) is 13.4 Å². The predicted molar refractivity (Wildman–Crippen MR) is 122 cm³/mol. The Hall–Kier alpha value is -1.29. The van der Waals surface area contributed by atoms with E-state index in [1.54, 1.807) is 22.6 Å². The number of aromatic nitrogens is 2. The molecule has 3 heterocycles. The van der Waals surface area contributed by atoms with Crippen molar-refractivity contribution in [2.24, 2.45) is 11.3 Å². The summed E-state index contributed by atoms with van der Waals surface area (Å²) in [6.45, 7) is 11.4. The lowest BCUT2D eigenvalue weighted by Gasteiger charge is -2.33. The molecule has 0 saturated carbocycles. The van der Waals surface area contributed by atoms with E-state index in [-0.39, 0.29) is 16.7 Å². The highest BCUT2D eigenvalue weighted by atomic mass is 32.2. The van der Waals surface area contributed by atoms with Gasteiger partial charge in [-0.05, 0) is 43.1 Å². The van der Waals surface area contributed by atoms with Crippen LogP contribution in [-0.4, -0.2) is 59.5 Å². The lowest BCUT2D eigenvalue weighted by atomic mass is 9.72. The second-order valence-corrected chi connectivity index (χ2v) is 12.9. The molecule has 0 spiro atoms. The summed E-state index contributed by atoms with van der Waals surface area (Å²) >= 11 is 1.68. The number of aryl methyl sites for hydroxylation is 1. The van der Waals surface area contributed by atoms with E-state index in [1.165, 1.54) is 10.4 Å². The molecule has 0 amide bonds. The molecule has 7 nitrogen and oxygen atoms in total. The van der Waals surface area contributed by atoms with Gasteiger partial charge < -0.3 is 4.98 Å². The summed E-state index contributed by atoms with van der Waals surface area (Å²) in [7, 11) is -3.14. The van der Waals surface area contributed by atoms with Crippen LogP contribution in [0.4, 0.5) is 0 Å². The van der Waals surface area contributed by atoms with Gasteiger partial charge in [0.05, 0.1) is 17.7 Å². The molecule has 30 heavy (non-hydrogen) atoms. The van der Waals surface area contributed by atoms with Crippen molar-refractivity contribution >= 4 is 31.6 Å². The zero-order valence-electron chi connectivity index (χ0n) is 18.3. The molecule has 0 aromatic carbocycles. The van der Waals surface area contributed by atoms with E-state index in [0.717, 1.165) is 29.5 Å². The van der Waals surface area contributed by atoms with Crippen molar-refractivity contribution in [3.05, 3.63) is 26.6 Å². The second kappa shape index (κ2) is 8.00. The van der Waals surface area contributed by atoms with Crippen LogP contribution >= 0.6 is 11.3 Å². The number of nitrogens with zero attached hydrogens (tertiary/aromatic N) is 3. The molecule has 2 aromatic heterocycles. The Morgan fingerprint density at radius 3 is 2.53 bits per heavy atom. The standard InChI is InChI=1S/C21H32N4O3S2/c1-5-30(27,28)25-10-8-24(9-11-25)13-17-22-19(26)18-15-7-6-14(21(2,3)4)12-16(15)29-20(18)23-17/h14H,5-13H2,1-4H3,(H,22,23,26)/t14-/m1/s1. The number of piperazine rings is 1. The fourth-order valence-electron chi connectivity index (χ4n) is 4.60. The normalized spacial score (nSPS) is 21.8. The SMILES string of the molecule is CCS(=O)(=O)N1CCN(Cc2nc3sc4c(c3c(=O)[nH]2)CC[C@@H](C(C)(C)C)C4)CC1. The zero-order valence-corrected chi connectivity index (χ0v) is 20.0. The highest BCUT2D eigenvalue weighted by molar-refractivity contribution is 7.89. The van der Waals surface area contributed by atoms with E-state index in [0.29, 0.717) is 44.5 Å². The Labute approximate surface area is 182 Å². The molecule has 2 aliphatic rings. The molecule has 1 aliphatic carbocycles. The van der Waals surface area contributed by atoms with Gasteiger partial charge in [0.25, 0.3) is 5.56 Å². The highest BCUT2D eigenvalue weighted by Crippen LogP contribution is 2.41. The fraction of sp³-hybridized carbons (Fsp3) is 0.714. The van der Waals surface area contributed by atoms with Gasteiger partial charge in [-0.1, -0.05) is 20.8 Å². The Morgan fingerprint density at radius 1 is 1.20 bits per heavy atom. The number of hydrogen-bond donors (Lipinski definition) is 1. The van der Waals surface area contributed by atoms with Crippen molar-refractivity contribution in [1.29, 1.82) is 0 Å². The van der Waals surface area contributed by atoms with Gasteiger partial charge in [-0.2, -0.15) is 4.31 Å². The van der Waals surface area contributed by atoms with Gasteiger partial charge in [-0.15, -0.1) is 11.3 Å². The van der Waals surface area contributed by atoms with Crippen molar-refractivity contribution < 1.29 is 8.42 Å². The number of rotatable bonds is 4. The lowest BCUT2D eigenvalue weighted by molar-refractivity contribution is 0.178. The Bertz CT molecular complexity index is 1090. The minimum absolute atomic E-state index is 0.0334. The number of nitrogens with one attached hydrogen (secondary N) is 1. The lowest BCUT2D eigenvalue weighted by Crippen LogP contribution is -2.48. The van der Waals surface area contributed by atoms with Crippen molar-refractivity contribution in [3.8, 4) is 0 Å². The minimum atomic E-state index is -3.14. The van der Waals surface area contributed by atoms with E-state index >= 15 is 0 Å². The topological polar surface area (TPSA) is 86.4 Å². The molecule has 9 heteroatoms. The molecule has 1 aliphatic heterocycles. The first-order valence-corrected chi connectivity index (χ1v) is 13.2. The van der Waals surface area contributed by atoms with E-state index in [1.807, 2.05) is 0 Å². The summed E-state index contributed by atoms with van der Waals surface area (Å²) in [5.41, 5.74) is 1.44. The maximum Gasteiger partial charge on any atom is 0.259 e. The molecule has 1 atom stereocenters. The number of H-pyrrole nitrogens is 1. The molecule has 4 rings (SSSR count). The van der Waals surface area contributed by atoms with Gasteiger partial charge in [0.1, 0.15) is 10.7 Å². The Morgan fingerprint density at radius 2 is 1.90 bits per heavy atom. The van der Waals surface area contributed by atoms with Crippen molar-refractivity contribution in [3.63, 3.8) is 0 Å². The van der Waals surface area contributed by atoms with Crippen LogP contribution in [0.1, 0.15) is 50.4 Å². The van der Waals surface area contributed by atoms with Crippen LogP contribution in [0.15, 0.2) is 4.79 Å². The van der Waals surface area contributed by atoms with E-state index in [9.17, 15) is 13.2 Å². The quantitative estimate of drug-likeness (QED) is 0.771. The summed E-state index contributed by atoms with van der Waals surface area (Å²) in [5.74, 6) is 1.44. The molecule has 0 radical (unpaired) electrons. The Balaban J connectivity index is 1.52. The first-order valence-electron chi connectivity index (χ1n) is 10.8. The van der Waals surface area contributed by atoms with Crippen LogP contribution in [0, 0.1) is 11.3 Å². The molecule has 0 bridgehead atoms. The summed E-state index contributed by atoms with van der Waals surface area (Å²) < 4.78 is 25.6. The average molecular weight is 453 g/mol. The molecule has 1 fully saturated rings. The van der Waals surface area contributed by atoms with Gasteiger partial charge in [0.15, 0.2) is 0 Å². The number of aromatic amines is 1. The van der Waals surface area contributed by atoms with Crippen molar-refractivity contribution in [2.45, 2.75) is 53.5 Å². The number of fused-ring (bicyclic) bond motifs is 3. The molecular formula is C21H32N4O3S2. The third-order valence-corrected chi connectivity index (χ3v) is 9.69. The summed E-state index contributed by atoms with van der Waals surface area (Å²) in [6.07, 6.45) is 3.10. The third-order valence-electron chi connectivity index (χ3n) is 6.66. The largest absolute Gasteiger partial charge is 0.309 e. The van der Waals surface area contributed by atoms with Crippen molar-refractivity contribution in [1.82, 2.24) is 19.2 Å². The zero-order chi connectivity index (χ0) is 21.7. The van der Waals surface area contributed by atoms with Gasteiger partial charge in [0, 0.05) is 31.1 Å². The third kappa shape index (κ3) is 4.22. The van der Waals surface area contributed by atoms with E-state index in [2.05, 4.69) is 30.7 Å². The maximum atomic E-state index is 12.9. The highest BCUT2D eigenvalue weighted by Gasteiger charge is 2.32. The van der Waals surface area contributed by atoms with E-state index < -0.39 is 10.0 Å².